The van der Waals surface area contributed by atoms with Crippen LogP contribution in [0.25, 0.3) is 27.8 Å². The largest absolute Gasteiger partial charge is 0.353 e. The molecule has 0 bridgehead atoms. The molecule has 3 heterocycles. The molecule has 1 saturated heterocycles. The lowest BCUT2D eigenvalue weighted by Crippen LogP contribution is -2.48. The third kappa shape index (κ3) is 4.99. The molecule has 0 amide bonds. The van der Waals surface area contributed by atoms with Crippen molar-refractivity contribution in [1.82, 2.24) is 19.4 Å². The number of rotatable bonds is 6. The number of hydrogen-bond donors (Lipinski definition) is 0. The molecule has 2 aromatic heterocycles. The van der Waals surface area contributed by atoms with Crippen LogP contribution in [0.1, 0.15) is 17.2 Å². The predicted molar refractivity (Wildman–Crippen MR) is 168 cm³/mol. The smallest absolute Gasteiger partial charge is 0.150 e. The second kappa shape index (κ2) is 11.2. The summed E-state index contributed by atoms with van der Waals surface area (Å²) in [4.78, 5) is 14.7. The molecule has 4 aromatic carbocycles. The predicted octanol–water partition coefficient (Wildman–Crippen LogP) is 7.65. The fraction of sp³-hybridized carbons (Fsp3) is 0.143. The van der Waals surface area contributed by atoms with Crippen LogP contribution in [0.5, 0.6) is 0 Å². The fourth-order valence-corrected chi connectivity index (χ4v) is 6.21. The summed E-state index contributed by atoms with van der Waals surface area (Å²) in [7, 11) is 0. The number of benzene rings is 4. The third-order valence-electron chi connectivity index (χ3n) is 7.94. The van der Waals surface area contributed by atoms with Crippen LogP contribution < -0.4 is 4.90 Å². The topological polar surface area (TPSA) is 37.2 Å². The molecule has 0 aliphatic carbocycles. The number of aromatic nitrogens is 3. The van der Waals surface area contributed by atoms with Gasteiger partial charge in [-0.15, -0.1) is 0 Å². The first-order valence-corrected chi connectivity index (χ1v) is 14.4. The molecule has 202 valence electrons. The lowest BCUT2D eigenvalue weighted by molar-refractivity contribution is 0.212. The van der Waals surface area contributed by atoms with Crippen LogP contribution in [0.15, 0.2) is 128 Å². The van der Waals surface area contributed by atoms with Crippen molar-refractivity contribution in [2.45, 2.75) is 6.04 Å². The lowest BCUT2D eigenvalue weighted by atomic mass is 9.96. The summed E-state index contributed by atoms with van der Waals surface area (Å²) >= 11 is 6.39. The number of nitrogens with zero attached hydrogens (tertiary/aromatic N) is 5. The average Bonchev–Trinajstić information content (AvgIpc) is 3.43. The van der Waals surface area contributed by atoms with Crippen molar-refractivity contribution < 1.29 is 0 Å². The maximum absolute atomic E-state index is 6.39. The number of hydrogen-bond acceptors (Lipinski definition) is 4. The Kier molecular flexibility index (Phi) is 6.97. The molecule has 0 radical (unpaired) electrons. The quantitative estimate of drug-likeness (QED) is 0.211. The Morgan fingerprint density at radius 1 is 0.659 bits per heavy atom. The summed E-state index contributed by atoms with van der Waals surface area (Å²) in [5.74, 6) is 0.977. The average molecular weight is 556 g/mol. The van der Waals surface area contributed by atoms with Gasteiger partial charge in [-0.2, -0.15) is 0 Å². The van der Waals surface area contributed by atoms with Gasteiger partial charge in [0.25, 0.3) is 0 Å². The van der Waals surface area contributed by atoms with Crippen LogP contribution in [-0.2, 0) is 0 Å². The minimum atomic E-state index is 0.216. The SMILES string of the molecule is Clc1cccc(-n2cc(-c3ccccc3)c3c(N4CCN(C(c5ccccc5)c5ccccc5)CC4)ncnc32)c1. The van der Waals surface area contributed by atoms with E-state index in [-0.39, 0.29) is 6.04 Å². The van der Waals surface area contributed by atoms with Crippen molar-refractivity contribution in [2.75, 3.05) is 31.1 Å². The van der Waals surface area contributed by atoms with Gasteiger partial charge >= 0.3 is 0 Å². The molecule has 6 heteroatoms. The van der Waals surface area contributed by atoms with Crippen molar-refractivity contribution in [3.05, 3.63) is 144 Å². The Morgan fingerprint density at radius 3 is 1.93 bits per heavy atom. The van der Waals surface area contributed by atoms with E-state index in [1.165, 1.54) is 11.1 Å². The Labute approximate surface area is 245 Å². The van der Waals surface area contributed by atoms with Gasteiger partial charge in [0.1, 0.15) is 12.1 Å². The molecule has 0 unspecified atom stereocenters. The first-order chi connectivity index (χ1) is 20.3. The molecular formula is C35H30ClN5. The molecule has 0 N–H and O–H groups in total. The van der Waals surface area contributed by atoms with E-state index >= 15 is 0 Å². The highest BCUT2D eigenvalue weighted by atomic mass is 35.5. The molecule has 1 aliphatic heterocycles. The van der Waals surface area contributed by atoms with Crippen molar-refractivity contribution >= 4 is 28.5 Å². The Balaban J connectivity index is 1.26. The molecular weight excluding hydrogens is 526 g/mol. The normalized spacial score (nSPS) is 14.1. The molecule has 41 heavy (non-hydrogen) atoms. The first-order valence-electron chi connectivity index (χ1n) is 14.0. The van der Waals surface area contributed by atoms with Gasteiger partial charge in [0, 0.05) is 48.6 Å². The summed E-state index contributed by atoms with van der Waals surface area (Å²) in [5, 5.41) is 1.76. The van der Waals surface area contributed by atoms with Crippen LogP contribution in [0.2, 0.25) is 5.02 Å². The number of piperazine rings is 1. The zero-order valence-electron chi connectivity index (χ0n) is 22.6. The molecule has 1 fully saturated rings. The number of halogens is 1. The number of fused-ring (bicyclic) bond motifs is 1. The maximum atomic E-state index is 6.39. The second-order valence-corrected chi connectivity index (χ2v) is 10.8. The Hall–Kier alpha value is -4.45. The van der Waals surface area contributed by atoms with Crippen LogP contribution in [0, 0.1) is 0 Å². The van der Waals surface area contributed by atoms with E-state index in [1.54, 1.807) is 6.33 Å². The highest BCUT2D eigenvalue weighted by Gasteiger charge is 2.29. The van der Waals surface area contributed by atoms with Gasteiger partial charge in [-0.1, -0.05) is 109 Å². The van der Waals surface area contributed by atoms with Crippen molar-refractivity contribution in [1.29, 1.82) is 0 Å². The van der Waals surface area contributed by atoms with E-state index < -0.39 is 0 Å². The van der Waals surface area contributed by atoms with Crippen LogP contribution in [-0.4, -0.2) is 45.6 Å². The molecule has 6 aromatic rings. The highest BCUT2D eigenvalue weighted by Crippen LogP contribution is 2.38. The van der Waals surface area contributed by atoms with Gasteiger partial charge in [-0.25, -0.2) is 9.97 Å². The van der Waals surface area contributed by atoms with Crippen LogP contribution in [0.4, 0.5) is 5.82 Å². The maximum Gasteiger partial charge on any atom is 0.150 e. The third-order valence-corrected chi connectivity index (χ3v) is 8.18. The summed E-state index contributed by atoms with van der Waals surface area (Å²) in [5.41, 5.74) is 6.76. The van der Waals surface area contributed by atoms with Gasteiger partial charge in [-0.05, 0) is 34.9 Å². The van der Waals surface area contributed by atoms with Crippen LogP contribution >= 0.6 is 11.6 Å². The summed E-state index contributed by atoms with van der Waals surface area (Å²) < 4.78 is 2.13. The molecule has 0 atom stereocenters. The van der Waals surface area contributed by atoms with Crippen molar-refractivity contribution in [3.8, 4) is 16.8 Å². The zero-order valence-corrected chi connectivity index (χ0v) is 23.4. The van der Waals surface area contributed by atoms with Crippen molar-refractivity contribution in [2.24, 2.45) is 0 Å². The minimum absolute atomic E-state index is 0.216. The van der Waals surface area contributed by atoms with Gasteiger partial charge in [-0.3, -0.25) is 4.90 Å². The monoisotopic (exact) mass is 555 g/mol. The summed E-state index contributed by atoms with van der Waals surface area (Å²) in [6.45, 7) is 3.60. The molecule has 0 spiro atoms. The second-order valence-electron chi connectivity index (χ2n) is 10.4. The van der Waals surface area contributed by atoms with Crippen LogP contribution in [0.3, 0.4) is 0 Å². The fourth-order valence-electron chi connectivity index (χ4n) is 6.02. The summed E-state index contributed by atoms with van der Waals surface area (Å²) in [6, 6.07) is 40.3. The van der Waals surface area contributed by atoms with Gasteiger partial charge in [0.05, 0.1) is 11.4 Å². The van der Waals surface area contributed by atoms with E-state index in [4.69, 9.17) is 21.6 Å². The lowest BCUT2D eigenvalue weighted by Gasteiger charge is -2.40. The molecule has 5 nitrogen and oxygen atoms in total. The van der Waals surface area contributed by atoms with Gasteiger partial charge < -0.3 is 9.47 Å². The minimum Gasteiger partial charge on any atom is -0.353 e. The first kappa shape index (κ1) is 25.5. The van der Waals surface area contributed by atoms with Crippen molar-refractivity contribution in [3.63, 3.8) is 0 Å². The molecule has 7 rings (SSSR count). The van der Waals surface area contributed by atoms with E-state index in [9.17, 15) is 0 Å². The van der Waals surface area contributed by atoms with E-state index in [1.807, 2.05) is 24.3 Å². The van der Waals surface area contributed by atoms with Gasteiger partial charge in [0.15, 0.2) is 5.65 Å². The molecule has 0 saturated carbocycles. The van der Waals surface area contributed by atoms with E-state index in [0.29, 0.717) is 5.02 Å². The van der Waals surface area contributed by atoms with Gasteiger partial charge in [0.2, 0.25) is 0 Å². The summed E-state index contributed by atoms with van der Waals surface area (Å²) in [6.07, 6.45) is 3.86. The zero-order chi connectivity index (χ0) is 27.6. The number of anilines is 1. The standard InChI is InChI=1S/C35H30ClN5/c36-29-17-10-18-30(23-29)41-24-31(26-11-4-1-5-12-26)32-34(37-25-38-35(32)41)40-21-19-39(20-22-40)33(27-13-6-2-7-14-27)28-15-8-3-9-16-28/h1-18,23-25,33H,19-22H2. The molecule has 1 aliphatic rings. The highest BCUT2D eigenvalue weighted by molar-refractivity contribution is 6.30. The van der Waals surface area contributed by atoms with E-state index in [2.05, 4.69) is 112 Å². The van der Waals surface area contributed by atoms with E-state index in [0.717, 1.165) is 59.8 Å². The Morgan fingerprint density at radius 2 is 1.29 bits per heavy atom. The Bertz CT molecular complexity index is 1720.